The fraction of sp³-hybridized carbons (Fsp3) is 0.400. The Morgan fingerprint density at radius 3 is 2.77 bits per heavy atom. The summed E-state index contributed by atoms with van der Waals surface area (Å²) in [7, 11) is 0. The van der Waals surface area contributed by atoms with Crippen molar-refractivity contribution < 1.29 is 4.79 Å². The number of amides is 1. The number of rotatable bonds is 6. The molecule has 0 bridgehead atoms. The third-order valence-corrected chi connectivity index (χ3v) is 5.50. The fourth-order valence-corrected chi connectivity index (χ4v) is 4.17. The molecule has 0 unspecified atom stereocenters. The minimum Gasteiger partial charge on any atom is -0.347 e. The van der Waals surface area contributed by atoms with E-state index in [2.05, 4.69) is 20.4 Å². The van der Waals surface area contributed by atoms with E-state index in [-0.39, 0.29) is 5.91 Å². The summed E-state index contributed by atoms with van der Waals surface area (Å²) in [6.07, 6.45) is 2.95. The van der Waals surface area contributed by atoms with Crippen molar-refractivity contribution in [1.82, 2.24) is 10.2 Å². The number of para-hydroxylation sites is 1. The lowest BCUT2D eigenvalue weighted by molar-refractivity contribution is -0.115. The highest BCUT2D eigenvalue weighted by Gasteiger charge is 2.16. The van der Waals surface area contributed by atoms with Crippen LogP contribution in [0, 0.1) is 0 Å². The van der Waals surface area contributed by atoms with Gasteiger partial charge in [-0.15, -0.1) is 10.2 Å². The second-order valence-corrected chi connectivity index (χ2v) is 7.36. The van der Waals surface area contributed by atoms with Gasteiger partial charge in [-0.25, -0.2) is 0 Å². The molecule has 3 rings (SSSR count). The summed E-state index contributed by atoms with van der Waals surface area (Å²) in [6.45, 7) is 2.16. The minimum atomic E-state index is 0.0305. The van der Waals surface area contributed by atoms with Crippen LogP contribution in [0.1, 0.15) is 19.3 Å². The van der Waals surface area contributed by atoms with E-state index in [0.29, 0.717) is 12.2 Å². The number of hydrogen-bond donors (Lipinski definition) is 1. The maximum absolute atomic E-state index is 11.9. The molecule has 0 aliphatic carbocycles. The van der Waals surface area contributed by atoms with E-state index >= 15 is 0 Å². The van der Waals surface area contributed by atoms with Crippen LogP contribution < -0.4 is 10.2 Å². The third-order valence-electron chi connectivity index (χ3n) is 3.38. The molecule has 0 atom stereocenters. The summed E-state index contributed by atoms with van der Waals surface area (Å²) in [5.74, 6) is 0.746. The number of carbonyl (C=O) groups excluding carboxylic acids is 1. The average Bonchev–Trinajstić information content (AvgIpc) is 3.19. The molecule has 5 nitrogen and oxygen atoms in total. The van der Waals surface area contributed by atoms with Gasteiger partial charge in [0.15, 0.2) is 4.34 Å². The predicted octanol–water partition coefficient (Wildman–Crippen LogP) is 3.26. The zero-order valence-corrected chi connectivity index (χ0v) is 13.8. The van der Waals surface area contributed by atoms with Crippen LogP contribution in [0.15, 0.2) is 34.7 Å². The fourth-order valence-electron chi connectivity index (χ4n) is 2.27. The van der Waals surface area contributed by atoms with Gasteiger partial charge in [0.05, 0.1) is 0 Å². The molecule has 22 heavy (non-hydrogen) atoms. The summed E-state index contributed by atoms with van der Waals surface area (Å²) < 4.78 is 0.939. The highest BCUT2D eigenvalue weighted by Crippen LogP contribution is 2.30. The Bertz CT molecular complexity index is 611. The van der Waals surface area contributed by atoms with Gasteiger partial charge in [-0.1, -0.05) is 41.3 Å². The molecule has 116 valence electrons. The Morgan fingerprint density at radius 2 is 2.00 bits per heavy atom. The van der Waals surface area contributed by atoms with Gasteiger partial charge in [0.25, 0.3) is 0 Å². The molecule has 1 fully saturated rings. The lowest BCUT2D eigenvalue weighted by Gasteiger charge is -2.10. The van der Waals surface area contributed by atoms with Crippen LogP contribution in [0.2, 0.25) is 0 Å². The summed E-state index contributed by atoms with van der Waals surface area (Å²) in [5.41, 5.74) is 0.838. The largest absolute Gasteiger partial charge is 0.347 e. The van der Waals surface area contributed by atoms with Gasteiger partial charge < -0.3 is 10.2 Å². The summed E-state index contributed by atoms with van der Waals surface area (Å²) in [5, 5.41) is 12.3. The molecule has 1 saturated heterocycles. The van der Waals surface area contributed by atoms with Crippen molar-refractivity contribution in [3.05, 3.63) is 30.3 Å². The molecule has 2 aromatic rings. The van der Waals surface area contributed by atoms with Gasteiger partial charge in [-0.05, 0) is 25.0 Å². The highest BCUT2D eigenvalue weighted by atomic mass is 32.2. The molecule has 1 aliphatic heterocycles. The van der Waals surface area contributed by atoms with Crippen LogP contribution >= 0.6 is 23.1 Å². The van der Waals surface area contributed by atoms with Crippen LogP contribution in [0.5, 0.6) is 0 Å². The van der Waals surface area contributed by atoms with Crippen LogP contribution in [0.3, 0.4) is 0 Å². The Kier molecular flexibility index (Phi) is 5.29. The van der Waals surface area contributed by atoms with Crippen molar-refractivity contribution in [1.29, 1.82) is 0 Å². The van der Waals surface area contributed by atoms with Gasteiger partial charge in [0.1, 0.15) is 0 Å². The maximum Gasteiger partial charge on any atom is 0.225 e. The average molecular weight is 334 g/mol. The van der Waals surface area contributed by atoms with Crippen molar-refractivity contribution >= 4 is 39.8 Å². The molecular weight excluding hydrogens is 316 g/mol. The molecule has 1 N–H and O–H groups in total. The molecule has 1 aliphatic rings. The van der Waals surface area contributed by atoms with E-state index in [4.69, 9.17) is 0 Å². The van der Waals surface area contributed by atoms with Crippen LogP contribution in [0.4, 0.5) is 10.8 Å². The Labute approximate surface area is 138 Å². The molecule has 7 heteroatoms. The van der Waals surface area contributed by atoms with E-state index < -0.39 is 0 Å². The predicted molar refractivity (Wildman–Crippen MR) is 91.8 cm³/mol. The lowest BCUT2D eigenvalue weighted by Crippen LogP contribution is -2.17. The SMILES string of the molecule is O=C(CCSc1nnc(N2CCCC2)s1)Nc1ccccc1. The number of anilines is 2. The summed E-state index contributed by atoms with van der Waals surface area (Å²) in [4.78, 5) is 14.1. The van der Waals surface area contributed by atoms with Crippen LogP contribution in [0.25, 0.3) is 0 Å². The second-order valence-electron chi connectivity index (χ2n) is 5.06. The van der Waals surface area contributed by atoms with E-state index in [1.807, 2.05) is 30.3 Å². The summed E-state index contributed by atoms with van der Waals surface area (Å²) in [6, 6.07) is 9.52. The number of nitrogens with zero attached hydrogens (tertiary/aromatic N) is 3. The number of nitrogens with one attached hydrogen (secondary N) is 1. The maximum atomic E-state index is 11.9. The molecule has 2 heterocycles. The van der Waals surface area contributed by atoms with Crippen molar-refractivity contribution in [2.24, 2.45) is 0 Å². The quantitative estimate of drug-likeness (QED) is 0.822. The zero-order chi connectivity index (χ0) is 15.2. The van der Waals surface area contributed by atoms with Crippen molar-refractivity contribution in [3.63, 3.8) is 0 Å². The Morgan fingerprint density at radius 1 is 1.23 bits per heavy atom. The Hall–Kier alpha value is -1.60. The lowest BCUT2D eigenvalue weighted by atomic mass is 10.3. The van der Waals surface area contributed by atoms with E-state index in [1.165, 1.54) is 12.8 Å². The first-order chi connectivity index (χ1) is 10.8. The topological polar surface area (TPSA) is 58.1 Å². The van der Waals surface area contributed by atoms with Crippen molar-refractivity contribution in [2.75, 3.05) is 29.1 Å². The first-order valence-corrected chi connectivity index (χ1v) is 9.17. The van der Waals surface area contributed by atoms with Gasteiger partial charge in [-0.3, -0.25) is 4.79 Å². The molecular formula is C15H18N4OS2. The second kappa shape index (κ2) is 7.60. The zero-order valence-electron chi connectivity index (χ0n) is 12.2. The van der Waals surface area contributed by atoms with E-state index in [9.17, 15) is 4.79 Å². The first kappa shape index (κ1) is 15.3. The van der Waals surface area contributed by atoms with E-state index in [0.717, 1.165) is 28.2 Å². The molecule has 0 saturated carbocycles. The smallest absolute Gasteiger partial charge is 0.225 e. The van der Waals surface area contributed by atoms with Gasteiger partial charge in [-0.2, -0.15) is 0 Å². The molecule has 1 aromatic carbocycles. The normalized spacial score (nSPS) is 14.3. The Balaban J connectivity index is 1.42. The molecule has 0 radical (unpaired) electrons. The number of carbonyl (C=O) groups is 1. The first-order valence-electron chi connectivity index (χ1n) is 7.37. The standard InChI is InChI=1S/C15H18N4OS2/c20-13(16-12-6-2-1-3-7-12)8-11-21-15-18-17-14(22-15)19-9-4-5-10-19/h1-3,6-7H,4-5,8-11H2,(H,16,20). The van der Waals surface area contributed by atoms with Crippen LogP contribution in [-0.4, -0.2) is 34.9 Å². The van der Waals surface area contributed by atoms with Crippen molar-refractivity contribution in [3.8, 4) is 0 Å². The number of hydrogen-bond acceptors (Lipinski definition) is 6. The molecule has 0 spiro atoms. The van der Waals surface area contributed by atoms with Gasteiger partial charge in [0.2, 0.25) is 11.0 Å². The van der Waals surface area contributed by atoms with Crippen molar-refractivity contribution in [2.45, 2.75) is 23.6 Å². The van der Waals surface area contributed by atoms with Gasteiger partial charge >= 0.3 is 0 Å². The highest BCUT2D eigenvalue weighted by molar-refractivity contribution is 8.01. The van der Waals surface area contributed by atoms with Crippen LogP contribution in [-0.2, 0) is 4.79 Å². The minimum absolute atomic E-state index is 0.0305. The monoisotopic (exact) mass is 334 g/mol. The number of thioether (sulfide) groups is 1. The number of benzene rings is 1. The van der Waals surface area contributed by atoms with Gasteiger partial charge in [0, 0.05) is 31.0 Å². The number of aromatic nitrogens is 2. The molecule has 1 aromatic heterocycles. The van der Waals surface area contributed by atoms with E-state index in [1.54, 1.807) is 23.1 Å². The summed E-state index contributed by atoms with van der Waals surface area (Å²) >= 11 is 3.22. The third kappa shape index (κ3) is 4.20. The molecule has 1 amide bonds.